The third-order valence-electron chi connectivity index (χ3n) is 2.14. The monoisotopic (exact) mass is 325 g/mol. The molecule has 2 nitrogen and oxygen atoms in total. The van der Waals surface area contributed by atoms with Gasteiger partial charge in [0.1, 0.15) is 5.75 Å². The summed E-state index contributed by atoms with van der Waals surface area (Å²) >= 11 is 9.03. The minimum absolute atomic E-state index is 0.0589. The van der Waals surface area contributed by atoms with Crippen molar-refractivity contribution < 1.29 is 9.13 Å². The quantitative estimate of drug-likeness (QED) is 0.786. The second-order valence-electron chi connectivity index (χ2n) is 3.44. The zero-order valence-corrected chi connectivity index (χ0v) is 11.3. The summed E-state index contributed by atoms with van der Waals surface area (Å²) in [6.45, 7) is 0. The van der Waals surface area contributed by atoms with Crippen LogP contribution in [-0.4, -0.2) is 0 Å². The van der Waals surface area contributed by atoms with Crippen molar-refractivity contribution in [3.05, 3.63) is 57.3 Å². The van der Waals surface area contributed by atoms with Crippen LogP contribution >= 0.6 is 27.5 Å². The van der Waals surface area contributed by atoms with Gasteiger partial charge < -0.3 is 4.74 Å². The number of benzene rings is 2. The summed E-state index contributed by atoms with van der Waals surface area (Å²) in [4.78, 5) is 0. The Hall–Kier alpha value is -1.57. The highest BCUT2D eigenvalue weighted by Crippen LogP contribution is 2.33. The molecule has 0 aromatic heterocycles. The van der Waals surface area contributed by atoms with Gasteiger partial charge in [-0.2, -0.15) is 5.26 Å². The SMILES string of the molecule is N#Cc1cc(Cl)cc(Oc2c(F)cccc2Br)c1. The Morgan fingerprint density at radius 1 is 1.28 bits per heavy atom. The zero-order chi connectivity index (χ0) is 13.1. The molecule has 0 aliphatic carbocycles. The lowest BCUT2D eigenvalue weighted by Crippen LogP contribution is -1.90. The molecule has 0 amide bonds. The van der Waals surface area contributed by atoms with Crippen molar-refractivity contribution >= 4 is 27.5 Å². The first-order valence-electron chi connectivity index (χ1n) is 4.92. The van der Waals surface area contributed by atoms with Gasteiger partial charge in [-0.1, -0.05) is 17.7 Å². The van der Waals surface area contributed by atoms with Crippen molar-refractivity contribution in [2.45, 2.75) is 0 Å². The lowest BCUT2D eigenvalue weighted by Gasteiger charge is -2.09. The van der Waals surface area contributed by atoms with E-state index in [1.165, 1.54) is 24.3 Å². The predicted octanol–water partition coefficient (Wildman–Crippen LogP) is 4.91. The molecule has 0 unspecified atom stereocenters. The van der Waals surface area contributed by atoms with Crippen molar-refractivity contribution in [2.24, 2.45) is 0 Å². The van der Waals surface area contributed by atoms with Crippen LogP contribution in [0.2, 0.25) is 5.02 Å². The van der Waals surface area contributed by atoms with Crippen molar-refractivity contribution in [2.75, 3.05) is 0 Å². The zero-order valence-electron chi connectivity index (χ0n) is 8.95. The summed E-state index contributed by atoms with van der Waals surface area (Å²) in [6.07, 6.45) is 0. The molecule has 0 saturated heterocycles. The van der Waals surface area contributed by atoms with E-state index in [1.807, 2.05) is 6.07 Å². The topological polar surface area (TPSA) is 33.0 Å². The Morgan fingerprint density at radius 2 is 2.06 bits per heavy atom. The van der Waals surface area contributed by atoms with Gasteiger partial charge >= 0.3 is 0 Å². The molecule has 0 atom stereocenters. The van der Waals surface area contributed by atoms with Gasteiger partial charge in [0.15, 0.2) is 11.6 Å². The molecule has 0 spiro atoms. The van der Waals surface area contributed by atoms with Crippen molar-refractivity contribution in [3.63, 3.8) is 0 Å². The van der Waals surface area contributed by atoms with E-state index in [0.29, 0.717) is 20.8 Å². The van der Waals surface area contributed by atoms with Crippen LogP contribution < -0.4 is 4.74 Å². The van der Waals surface area contributed by atoms with Gasteiger partial charge in [-0.3, -0.25) is 0 Å². The fraction of sp³-hybridized carbons (Fsp3) is 0. The number of hydrogen-bond donors (Lipinski definition) is 0. The number of hydrogen-bond acceptors (Lipinski definition) is 2. The Labute approximate surface area is 117 Å². The molecule has 90 valence electrons. The van der Waals surface area contributed by atoms with Crippen LogP contribution in [0.4, 0.5) is 4.39 Å². The number of para-hydroxylation sites is 1. The smallest absolute Gasteiger partial charge is 0.177 e. The van der Waals surface area contributed by atoms with Gasteiger partial charge in [0.2, 0.25) is 0 Å². The first-order valence-corrected chi connectivity index (χ1v) is 6.10. The normalized spacial score (nSPS) is 9.89. The largest absolute Gasteiger partial charge is 0.453 e. The van der Waals surface area contributed by atoms with Crippen LogP contribution in [0.25, 0.3) is 0 Å². The van der Waals surface area contributed by atoms with Gasteiger partial charge in [0.05, 0.1) is 16.1 Å². The molecule has 0 aliphatic rings. The maximum Gasteiger partial charge on any atom is 0.177 e. The Morgan fingerprint density at radius 3 is 2.72 bits per heavy atom. The Kier molecular flexibility index (Phi) is 3.85. The van der Waals surface area contributed by atoms with E-state index in [4.69, 9.17) is 21.6 Å². The highest BCUT2D eigenvalue weighted by molar-refractivity contribution is 9.10. The molecule has 0 N–H and O–H groups in total. The van der Waals surface area contributed by atoms with Crippen molar-refractivity contribution in [3.8, 4) is 17.6 Å². The molecule has 18 heavy (non-hydrogen) atoms. The third-order valence-corrected chi connectivity index (χ3v) is 2.98. The number of nitriles is 1. The molecule has 0 bridgehead atoms. The minimum Gasteiger partial charge on any atom is -0.453 e. The third kappa shape index (κ3) is 2.81. The van der Waals surface area contributed by atoms with Gasteiger partial charge in [0, 0.05) is 5.02 Å². The first kappa shape index (κ1) is 12.9. The van der Waals surface area contributed by atoms with Crippen molar-refractivity contribution in [1.82, 2.24) is 0 Å². The van der Waals surface area contributed by atoms with E-state index < -0.39 is 5.82 Å². The molecular formula is C13H6BrClFNO. The number of ether oxygens (including phenoxy) is 1. The highest BCUT2D eigenvalue weighted by atomic mass is 79.9. The van der Waals surface area contributed by atoms with E-state index in [1.54, 1.807) is 12.1 Å². The minimum atomic E-state index is -0.497. The van der Waals surface area contributed by atoms with E-state index >= 15 is 0 Å². The molecule has 0 heterocycles. The lowest BCUT2D eigenvalue weighted by atomic mass is 10.2. The number of halogens is 3. The fourth-order valence-electron chi connectivity index (χ4n) is 1.38. The summed E-state index contributed by atoms with van der Waals surface area (Å²) in [6, 6.07) is 11.0. The van der Waals surface area contributed by atoms with E-state index in [2.05, 4.69) is 15.9 Å². The predicted molar refractivity (Wildman–Crippen MR) is 70.3 cm³/mol. The summed E-state index contributed by atoms with van der Waals surface area (Å²) in [5, 5.41) is 9.17. The second kappa shape index (κ2) is 5.38. The molecular weight excluding hydrogens is 321 g/mol. The van der Waals surface area contributed by atoms with Gasteiger partial charge in [-0.15, -0.1) is 0 Å². The van der Waals surface area contributed by atoms with Crippen LogP contribution in [0.1, 0.15) is 5.56 Å². The summed E-state index contributed by atoms with van der Waals surface area (Å²) in [7, 11) is 0. The summed E-state index contributed by atoms with van der Waals surface area (Å²) in [5.41, 5.74) is 0.352. The average Bonchev–Trinajstić information content (AvgIpc) is 2.33. The highest BCUT2D eigenvalue weighted by Gasteiger charge is 2.10. The molecule has 2 aromatic rings. The van der Waals surface area contributed by atoms with Crippen LogP contribution in [0, 0.1) is 17.1 Å². The molecule has 0 saturated carbocycles. The molecule has 2 rings (SSSR count). The number of rotatable bonds is 2. The van der Waals surface area contributed by atoms with E-state index in [0.717, 1.165) is 0 Å². The van der Waals surface area contributed by atoms with Gasteiger partial charge in [0.25, 0.3) is 0 Å². The number of nitrogens with zero attached hydrogens (tertiary/aromatic N) is 1. The second-order valence-corrected chi connectivity index (χ2v) is 4.73. The maximum atomic E-state index is 13.6. The van der Waals surface area contributed by atoms with Crippen LogP contribution in [0.15, 0.2) is 40.9 Å². The van der Waals surface area contributed by atoms with Crippen LogP contribution in [0.3, 0.4) is 0 Å². The molecule has 0 fully saturated rings. The van der Waals surface area contributed by atoms with Crippen LogP contribution in [-0.2, 0) is 0 Å². The Balaban J connectivity index is 2.40. The molecule has 2 aromatic carbocycles. The molecule has 5 heteroatoms. The average molecular weight is 327 g/mol. The molecule has 0 aliphatic heterocycles. The summed E-state index contributed by atoms with van der Waals surface area (Å²) in [5.74, 6) is -0.128. The standard InChI is InChI=1S/C13H6BrClFNO/c14-11-2-1-3-12(16)13(11)18-10-5-8(7-17)4-9(15)6-10/h1-6H. The van der Waals surface area contributed by atoms with Gasteiger partial charge in [-0.05, 0) is 46.3 Å². The van der Waals surface area contributed by atoms with Crippen molar-refractivity contribution in [1.29, 1.82) is 5.26 Å². The Bertz CT molecular complexity index is 619. The fourth-order valence-corrected chi connectivity index (χ4v) is 2.03. The van der Waals surface area contributed by atoms with E-state index in [-0.39, 0.29) is 5.75 Å². The maximum absolute atomic E-state index is 13.6. The lowest BCUT2D eigenvalue weighted by molar-refractivity contribution is 0.439. The first-order chi connectivity index (χ1) is 8.60. The van der Waals surface area contributed by atoms with E-state index in [9.17, 15) is 4.39 Å². The van der Waals surface area contributed by atoms with Gasteiger partial charge in [-0.25, -0.2) is 4.39 Å². The van der Waals surface area contributed by atoms with Crippen LogP contribution in [0.5, 0.6) is 11.5 Å². The summed E-state index contributed by atoms with van der Waals surface area (Å²) < 4.78 is 19.5. The molecule has 0 radical (unpaired) electrons.